The highest BCUT2D eigenvalue weighted by molar-refractivity contribution is 7.72. The predicted octanol–water partition coefficient (Wildman–Crippen LogP) is 10.4. The summed E-state index contributed by atoms with van der Waals surface area (Å²) < 4.78 is 0. The van der Waals surface area contributed by atoms with Crippen molar-refractivity contribution in [3.05, 3.63) is 193 Å². The molecule has 8 aromatic carbocycles. The Labute approximate surface area is 273 Å². The highest BCUT2D eigenvalue weighted by atomic mass is 31.1. The summed E-state index contributed by atoms with van der Waals surface area (Å²) in [6, 6.07) is 67.7. The Bertz CT molecular complexity index is 2010. The van der Waals surface area contributed by atoms with E-state index in [1.54, 1.807) is 0 Å². The number of fused-ring (bicyclic) bond motifs is 5. The van der Waals surface area contributed by atoms with Gasteiger partial charge in [0, 0.05) is 12.3 Å². The van der Waals surface area contributed by atoms with Crippen LogP contribution in [0, 0.1) is 0 Å². The minimum Gasteiger partial charge on any atom is -0.0622 e. The summed E-state index contributed by atoms with van der Waals surface area (Å²) in [5.41, 5.74) is 2.78. The van der Waals surface area contributed by atoms with Gasteiger partial charge in [0.2, 0.25) is 0 Å². The van der Waals surface area contributed by atoms with Crippen molar-refractivity contribution in [2.75, 3.05) is 0 Å². The maximum absolute atomic E-state index is 2.48. The van der Waals surface area contributed by atoms with Gasteiger partial charge in [-0.2, -0.15) is 0 Å². The van der Waals surface area contributed by atoms with E-state index in [1.807, 2.05) is 0 Å². The average Bonchev–Trinajstić information content (AvgIpc) is 3.14. The fourth-order valence-corrected chi connectivity index (χ4v) is 11.2. The highest BCUT2D eigenvalue weighted by Crippen LogP contribution is 2.42. The van der Waals surface area contributed by atoms with E-state index in [0.29, 0.717) is 0 Å². The fourth-order valence-electron chi connectivity index (χ4n) is 6.62. The molecule has 0 aromatic heterocycles. The summed E-state index contributed by atoms with van der Waals surface area (Å²) in [7, 11) is -1.04. The molecule has 0 saturated heterocycles. The molecule has 0 amide bonds. The third-order valence-corrected chi connectivity index (χ3v) is 13.9. The molecule has 2 heteroatoms. The molecule has 0 atom stereocenters. The molecule has 0 radical (unpaired) electrons. The van der Waals surface area contributed by atoms with Crippen molar-refractivity contribution < 1.29 is 0 Å². The first-order valence-electron chi connectivity index (χ1n) is 15.9. The second-order valence-corrected chi connectivity index (χ2v) is 16.3. The number of hydrogen-bond acceptors (Lipinski definition) is 0. The van der Waals surface area contributed by atoms with Crippen LogP contribution in [-0.2, 0) is 12.3 Å². The Morgan fingerprint density at radius 1 is 0.304 bits per heavy atom. The average molecular weight is 625 g/mol. The molecule has 8 rings (SSSR count). The van der Waals surface area contributed by atoms with Crippen LogP contribution in [0.15, 0.2) is 182 Å². The van der Waals surface area contributed by atoms with Crippen molar-refractivity contribution in [3.8, 4) is 0 Å². The molecule has 46 heavy (non-hydrogen) atoms. The molecule has 0 nitrogen and oxygen atoms in total. The van der Waals surface area contributed by atoms with Crippen LogP contribution in [-0.4, -0.2) is 0 Å². The lowest BCUT2D eigenvalue weighted by Gasteiger charge is -2.20. The largest absolute Gasteiger partial charge is 0.0622 e. The lowest BCUT2D eigenvalue weighted by atomic mass is 9.95. The molecular weight excluding hydrogens is 590 g/mol. The molecule has 8 aromatic rings. The van der Waals surface area contributed by atoms with Crippen molar-refractivity contribution in [1.29, 1.82) is 0 Å². The first-order chi connectivity index (χ1) is 22.8. The van der Waals surface area contributed by atoms with Gasteiger partial charge in [-0.15, -0.1) is 0 Å². The Hall–Kier alpha value is -4.60. The normalized spacial score (nSPS) is 11.6. The van der Waals surface area contributed by atoms with Crippen molar-refractivity contribution in [1.82, 2.24) is 0 Å². The fraction of sp³-hybridized carbons (Fsp3) is 0.0455. The van der Waals surface area contributed by atoms with Crippen molar-refractivity contribution >= 4 is 69.4 Å². The molecule has 0 aliphatic heterocycles. The van der Waals surface area contributed by atoms with Gasteiger partial charge < -0.3 is 0 Å². The second kappa shape index (κ2) is 13.0. The van der Waals surface area contributed by atoms with Crippen LogP contribution in [0.1, 0.15) is 11.1 Å². The standard InChI is InChI=1S/C44H34P2/c1-5-13-38(14-6-1)45(39-15-7-2-8-16-39)31-33-21-23-35-25-27-37-28-26-36-24-22-34(30-43(36)44(37)42(35)29-33)32-46(40-17-9-3-10-18-40)41-19-11-4-12-20-41/h1-30H,31-32H2. The van der Waals surface area contributed by atoms with E-state index in [1.165, 1.54) is 64.7 Å². The van der Waals surface area contributed by atoms with Crippen molar-refractivity contribution in [2.24, 2.45) is 0 Å². The van der Waals surface area contributed by atoms with Crippen LogP contribution in [0.25, 0.3) is 32.3 Å². The second-order valence-electron chi connectivity index (χ2n) is 11.9. The maximum Gasteiger partial charge on any atom is 0.000766 e. The number of hydrogen-bond donors (Lipinski definition) is 0. The summed E-state index contributed by atoms with van der Waals surface area (Å²) in [6.07, 6.45) is 2.04. The number of benzene rings is 8. The molecule has 0 aliphatic carbocycles. The summed E-state index contributed by atoms with van der Waals surface area (Å²) in [4.78, 5) is 0. The Kier molecular flexibility index (Phi) is 8.17. The zero-order valence-electron chi connectivity index (χ0n) is 25.6. The van der Waals surface area contributed by atoms with Gasteiger partial charge in [0.1, 0.15) is 0 Å². The SMILES string of the molecule is c1ccc(P(Cc2ccc3ccc4ccc5ccc(CP(c6ccccc6)c6ccccc6)cc5c4c3c2)c2ccccc2)cc1. The van der Waals surface area contributed by atoms with Gasteiger partial charge in [0.15, 0.2) is 0 Å². The zero-order valence-corrected chi connectivity index (χ0v) is 27.4. The van der Waals surface area contributed by atoms with Gasteiger partial charge in [-0.3, -0.25) is 0 Å². The minimum absolute atomic E-state index is 0.518. The topological polar surface area (TPSA) is 0 Å². The molecule has 0 fully saturated rings. The van der Waals surface area contributed by atoms with E-state index in [-0.39, 0.29) is 0 Å². The molecule has 0 heterocycles. The molecule has 0 aliphatic rings. The van der Waals surface area contributed by atoms with E-state index in [2.05, 4.69) is 182 Å². The molecule has 0 bridgehead atoms. The predicted molar refractivity (Wildman–Crippen MR) is 205 cm³/mol. The first-order valence-corrected chi connectivity index (χ1v) is 19.0. The zero-order chi connectivity index (χ0) is 30.7. The third-order valence-electron chi connectivity index (χ3n) is 8.90. The lowest BCUT2D eigenvalue weighted by Crippen LogP contribution is -2.12. The van der Waals surface area contributed by atoms with Gasteiger partial charge in [0.05, 0.1) is 0 Å². The third kappa shape index (κ3) is 5.88. The smallest absolute Gasteiger partial charge is 0.000766 e. The summed E-state index contributed by atoms with van der Waals surface area (Å²) in [6.45, 7) is 0. The first kappa shape index (κ1) is 28.8. The summed E-state index contributed by atoms with van der Waals surface area (Å²) >= 11 is 0. The van der Waals surface area contributed by atoms with Crippen LogP contribution < -0.4 is 21.2 Å². The Morgan fingerprint density at radius 2 is 0.609 bits per heavy atom. The van der Waals surface area contributed by atoms with Gasteiger partial charge in [-0.1, -0.05) is 182 Å². The summed E-state index contributed by atoms with van der Waals surface area (Å²) in [5.74, 6) is 0. The molecule has 0 saturated carbocycles. The lowest BCUT2D eigenvalue weighted by molar-refractivity contribution is 1.42. The molecule has 0 N–H and O–H groups in total. The van der Waals surface area contributed by atoms with Crippen LogP contribution in [0.2, 0.25) is 0 Å². The molecule has 0 unspecified atom stereocenters. The Morgan fingerprint density at radius 3 is 0.957 bits per heavy atom. The monoisotopic (exact) mass is 624 g/mol. The minimum atomic E-state index is -0.518. The van der Waals surface area contributed by atoms with Crippen LogP contribution in [0.5, 0.6) is 0 Å². The van der Waals surface area contributed by atoms with E-state index >= 15 is 0 Å². The molecule has 0 spiro atoms. The molecular formula is C44H34P2. The summed E-state index contributed by atoms with van der Waals surface area (Å²) in [5, 5.41) is 13.7. The van der Waals surface area contributed by atoms with Crippen LogP contribution >= 0.6 is 15.8 Å². The quantitative estimate of drug-likeness (QED) is 0.117. The van der Waals surface area contributed by atoms with E-state index < -0.39 is 15.8 Å². The maximum atomic E-state index is 2.48. The van der Waals surface area contributed by atoms with Crippen LogP contribution in [0.3, 0.4) is 0 Å². The van der Waals surface area contributed by atoms with Gasteiger partial charge in [-0.05, 0) is 80.5 Å². The van der Waals surface area contributed by atoms with Gasteiger partial charge in [-0.25, -0.2) is 0 Å². The van der Waals surface area contributed by atoms with Crippen molar-refractivity contribution in [2.45, 2.75) is 12.3 Å². The van der Waals surface area contributed by atoms with Gasteiger partial charge >= 0.3 is 0 Å². The van der Waals surface area contributed by atoms with Crippen LogP contribution in [0.4, 0.5) is 0 Å². The van der Waals surface area contributed by atoms with E-state index in [0.717, 1.165) is 12.3 Å². The van der Waals surface area contributed by atoms with E-state index in [9.17, 15) is 0 Å². The van der Waals surface area contributed by atoms with Gasteiger partial charge in [0.25, 0.3) is 0 Å². The van der Waals surface area contributed by atoms with Crippen molar-refractivity contribution in [3.63, 3.8) is 0 Å². The van der Waals surface area contributed by atoms with E-state index in [4.69, 9.17) is 0 Å². The Balaban J connectivity index is 1.24. The molecule has 220 valence electrons. The highest BCUT2D eigenvalue weighted by Gasteiger charge is 2.17. The number of rotatable bonds is 8.